The molecule has 152 valence electrons. The van der Waals surface area contributed by atoms with Crippen LogP contribution in [0.2, 0.25) is 0 Å². The Balaban J connectivity index is 1.38. The summed E-state index contributed by atoms with van der Waals surface area (Å²) in [5.41, 5.74) is 0.830. The van der Waals surface area contributed by atoms with Gasteiger partial charge < -0.3 is 14.4 Å². The predicted octanol–water partition coefficient (Wildman–Crippen LogP) is 4.36. The first-order chi connectivity index (χ1) is 14.0. The van der Waals surface area contributed by atoms with Crippen LogP contribution in [0, 0.1) is 5.92 Å². The molecule has 1 fully saturated rings. The summed E-state index contributed by atoms with van der Waals surface area (Å²) in [7, 11) is 0. The molecule has 5 heteroatoms. The van der Waals surface area contributed by atoms with Crippen LogP contribution in [0.25, 0.3) is 0 Å². The average Bonchev–Trinajstić information content (AvgIpc) is 2.73. The third-order valence-electron chi connectivity index (χ3n) is 5.64. The van der Waals surface area contributed by atoms with Gasteiger partial charge in [-0.05, 0) is 42.3 Å². The minimum absolute atomic E-state index is 0.0118. The largest absolute Gasteiger partial charge is 0.493 e. The molecule has 0 unspecified atom stereocenters. The van der Waals surface area contributed by atoms with Crippen LogP contribution in [0.5, 0.6) is 11.5 Å². The molecule has 1 saturated heterocycles. The Morgan fingerprint density at radius 1 is 1.10 bits per heavy atom. The second-order valence-electron chi connectivity index (χ2n) is 8.40. The summed E-state index contributed by atoms with van der Waals surface area (Å²) in [5, 5.41) is 0. The van der Waals surface area contributed by atoms with Crippen molar-refractivity contribution in [1.82, 2.24) is 4.90 Å². The molecule has 4 rings (SSSR count). The van der Waals surface area contributed by atoms with Crippen molar-refractivity contribution >= 4 is 11.7 Å². The molecule has 0 radical (unpaired) electrons. The van der Waals surface area contributed by atoms with E-state index in [1.54, 1.807) is 0 Å². The highest BCUT2D eigenvalue weighted by Crippen LogP contribution is 2.39. The van der Waals surface area contributed by atoms with Crippen molar-refractivity contribution in [2.75, 3.05) is 19.7 Å². The van der Waals surface area contributed by atoms with Gasteiger partial charge in [-0.25, -0.2) is 0 Å². The molecule has 0 N–H and O–H groups in total. The number of rotatable bonds is 4. The van der Waals surface area contributed by atoms with E-state index < -0.39 is 5.60 Å². The van der Waals surface area contributed by atoms with Gasteiger partial charge in [-0.1, -0.05) is 26.0 Å². The lowest BCUT2D eigenvalue weighted by molar-refractivity contribution is -0.00570. The number of likely N-dealkylation sites (tertiary alicyclic amines) is 1. The lowest BCUT2D eigenvalue weighted by Gasteiger charge is -2.44. The monoisotopic (exact) mass is 393 g/mol. The Morgan fingerprint density at radius 2 is 1.79 bits per heavy atom. The summed E-state index contributed by atoms with van der Waals surface area (Å²) < 4.78 is 11.9. The number of ketones is 1. The summed E-state index contributed by atoms with van der Waals surface area (Å²) >= 11 is 0. The number of piperidine rings is 1. The molecule has 5 nitrogen and oxygen atoms in total. The highest BCUT2D eigenvalue weighted by atomic mass is 16.5. The van der Waals surface area contributed by atoms with Crippen molar-refractivity contribution in [3.05, 3.63) is 59.7 Å². The molecule has 0 aromatic heterocycles. The third kappa shape index (κ3) is 4.14. The number of carbonyl (C=O) groups excluding carboxylic acids is 2. The Labute approximate surface area is 171 Å². The maximum absolute atomic E-state index is 12.9. The molecule has 0 saturated carbocycles. The van der Waals surface area contributed by atoms with Crippen LogP contribution in [0.3, 0.4) is 0 Å². The number of para-hydroxylation sites is 1. The minimum Gasteiger partial charge on any atom is -0.493 e. The van der Waals surface area contributed by atoms with Crippen LogP contribution in [-0.2, 0) is 0 Å². The van der Waals surface area contributed by atoms with E-state index >= 15 is 0 Å². The molecule has 2 aliphatic rings. The van der Waals surface area contributed by atoms with Crippen LogP contribution in [0.15, 0.2) is 48.5 Å². The highest BCUT2D eigenvalue weighted by molar-refractivity contribution is 6.00. The quantitative estimate of drug-likeness (QED) is 0.774. The van der Waals surface area contributed by atoms with Gasteiger partial charge in [-0.2, -0.15) is 0 Å². The number of nitrogens with zero attached hydrogens (tertiary/aromatic N) is 1. The molecule has 0 aliphatic carbocycles. The van der Waals surface area contributed by atoms with Gasteiger partial charge in [-0.15, -0.1) is 0 Å². The molecular weight excluding hydrogens is 366 g/mol. The van der Waals surface area contributed by atoms with Gasteiger partial charge in [-0.3, -0.25) is 9.59 Å². The standard InChI is InChI=1S/C24H27NO4/c1-17(2)16-28-19-9-7-18(8-10-19)23(27)25-13-11-24(12-14-25)15-21(26)20-5-3-4-6-22(20)29-24/h3-10,17H,11-16H2,1-2H3. The van der Waals surface area contributed by atoms with Crippen molar-refractivity contribution < 1.29 is 19.1 Å². The van der Waals surface area contributed by atoms with Crippen molar-refractivity contribution in [3.63, 3.8) is 0 Å². The maximum atomic E-state index is 12.9. The van der Waals surface area contributed by atoms with Crippen LogP contribution in [-0.4, -0.2) is 41.9 Å². The van der Waals surface area contributed by atoms with Crippen LogP contribution < -0.4 is 9.47 Å². The molecular formula is C24H27NO4. The number of benzene rings is 2. The van der Waals surface area contributed by atoms with E-state index in [0.717, 1.165) is 5.75 Å². The third-order valence-corrected chi connectivity index (χ3v) is 5.64. The second kappa shape index (κ2) is 7.90. The van der Waals surface area contributed by atoms with E-state index in [1.165, 1.54) is 0 Å². The van der Waals surface area contributed by atoms with Crippen LogP contribution >= 0.6 is 0 Å². The normalized spacial score (nSPS) is 17.8. The number of hydrogen-bond donors (Lipinski definition) is 0. The molecule has 0 bridgehead atoms. The van der Waals surface area contributed by atoms with E-state index in [0.29, 0.717) is 61.8 Å². The number of amides is 1. The first-order valence-corrected chi connectivity index (χ1v) is 10.3. The highest BCUT2D eigenvalue weighted by Gasteiger charge is 2.43. The summed E-state index contributed by atoms with van der Waals surface area (Å²) in [4.78, 5) is 27.3. The van der Waals surface area contributed by atoms with Crippen molar-refractivity contribution in [2.45, 2.75) is 38.7 Å². The van der Waals surface area contributed by atoms with Gasteiger partial charge in [0.2, 0.25) is 0 Å². The van der Waals surface area contributed by atoms with E-state index in [9.17, 15) is 9.59 Å². The molecule has 29 heavy (non-hydrogen) atoms. The van der Waals surface area contributed by atoms with Gasteiger partial charge in [0.25, 0.3) is 5.91 Å². The molecule has 1 amide bonds. The number of fused-ring (bicyclic) bond motifs is 1. The zero-order chi connectivity index (χ0) is 20.4. The Morgan fingerprint density at radius 3 is 2.48 bits per heavy atom. The fraction of sp³-hybridized carbons (Fsp3) is 0.417. The van der Waals surface area contributed by atoms with E-state index in [1.807, 2.05) is 53.4 Å². The molecule has 2 aromatic carbocycles. The Hall–Kier alpha value is -2.82. The number of Topliss-reactive ketones (excluding diaryl/α,β-unsaturated/α-hetero) is 1. The van der Waals surface area contributed by atoms with Crippen molar-refractivity contribution in [1.29, 1.82) is 0 Å². The first-order valence-electron chi connectivity index (χ1n) is 10.3. The zero-order valence-corrected chi connectivity index (χ0v) is 17.0. The molecule has 2 aromatic rings. The second-order valence-corrected chi connectivity index (χ2v) is 8.40. The fourth-order valence-corrected chi connectivity index (χ4v) is 3.98. The van der Waals surface area contributed by atoms with E-state index in [-0.39, 0.29) is 11.7 Å². The topological polar surface area (TPSA) is 55.8 Å². The zero-order valence-electron chi connectivity index (χ0n) is 17.0. The summed E-state index contributed by atoms with van der Waals surface area (Å²) in [5.74, 6) is 2.04. The summed E-state index contributed by atoms with van der Waals surface area (Å²) in [6.45, 7) is 6.02. The SMILES string of the molecule is CC(C)COc1ccc(C(=O)N2CCC3(CC2)CC(=O)c2ccccc2O3)cc1. The van der Waals surface area contributed by atoms with Crippen LogP contribution in [0.4, 0.5) is 0 Å². The lowest BCUT2D eigenvalue weighted by Crippen LogP contribution is -2.52. The lowest BCUT2D eigenvalue weighted by atomic mass is 9.82. The summed E-state index contributed by atoms with van der Waals surface area (Å²) in [6.07, 6.45) is 1.71. The molecule has 0 atom stereocenters. The van der Waals surface area contributed by atoms with Gasteiger partial charge in [0, 0.05) is 31.5 Å². The van der Waals surface area contributed by atoms with E-state index in [2.05, 4.69) is 13.8 Å². The Bertz CT molecular complexity index is 895. The molecule has 1 spiro atoms. The van der Waals surface area contributed by atoms with Gasteiger partial charge in [0.1, 0.15) is 17.1 Å². The average molecular weight is 393 g/mol. The Kier molecular flexibility index (Phi) is 5.31. The van der Waals surface area contributed by atoms with Gasteiger partial charge in [0.15, 0.2) is 5.78 Å². The first kappa shape index (κ1) is 19.5. The number of hydrogen-bond acceptors (Lipinski definition) is 4. The van der Waals surface area contributed by atoms with E-state index in [4.69, 9.17) is 9.47 Å². The molecule has 2 heterocycles. The van der Waals surface area contributed by atoms with Crippen molar-refractivity contribution in [3.8, 4) is 11.5 Å². The van der Waals surface area contributed by atoms with Crippen LogP contribution in [0.1, 0.15) is 53.8 Å². The smallest absolute Gasteiger partial charge is 0.253 e. The number of ether oxygens (including phenoxy) is 2. The van der Waals surface area contributed by atoms with Crippen molar-refractivity contribution in [2.24, 2.45) is 5.92 Å². The maximum Gasteiger partial charge on any atom is 0.253 e. The summed E-state index contributed by atoms with van der Waals surface area (Å²) in [6, 6.07) is 14.8. The molecule has 2 aliphatic heterocycles. The predicted molar refractivity (Wildman–Crippen MR) is 111 cm³/mol. The minimum atomic E-state index is -0.489. The van der Waals surface area contributed by atoms with Gasteiger partial charge in [0.05, 0.1) is 18.6 Å². The van der Waals surface area contributed by atoms with Gasteiger partial charge >= 0.3 is 0 Å². The fourth-order valence-electron chi connectivity index (χ4n) is 3.98. The number of carbonyl (C=O) groups is 2.